The van der Waals surface area contributed by atoms with Crippen molar-refractivity contribution >= 4 is 11.9 Å². The van der Waals surface area contributed by atoms with Crippen LogP contribution in [0.4, 0.5) is 4.79 Å². The van der Waals surface area contributed by atoms with E-state index in [0.717, 1.165) is 31.6 Å². The minimum Gasteiger partial charge on any atom is -0.467 e. The van der Waals surface area contributed by atoms with E-state index in [1.165, 1.54) is 0 Å². The molecular formula is C19H31N3O4. The molecule has 0 saturated carbocycles. The van der Waals surface area contributed by atoms with E-state index in [-0.39, 0.29) is 30.6 Å². The normalized spacial score (nSPS) is 17.7. The zero-order valence-corrected chi connectivity index (χ0v) is 16.1. The third-order valence-corrected chi connectivity index (χ3v) is 4.74. The maximum absolute atomic E-state index is 13.0. The van der Waals surface area contributed by atoms with Crippen molar-refractivity contribution in [3.8, 4) is 0 Å². The lowest BCUT2D eigenvalue weighted by Crippen LogP contribution is -2.51. The maximum atomic E-state index is 13.0. The van der Waals surface area contributed by atoms with Crippen molar-refractivity contribution in [2.24, 2.45) is 0 Å². The minimum absolute atomic E-state index is 0.0151. The standard InChI is InChI=1S/C19H31N3O4/c1-4-15(3)22(19(24)20-5-2)14-18(23)21(12-16-8-6-10-25-16)13-17-9-7-11-26-17/h6,8,10,15,17H,4-5,7,9,11-14H2,1-3H3,(H,20,24)/t15-,17+/m0/s1. The van der Waals surface area contributed by atoms with Crippen LogP contribution in [0.25, 0.3) is 0 Å². The molecule has 146 valence electrons. The van der Waals surface area contributed by atoms with Crippen LogP contribution in [-0.2, 0) is 16.1 Å². The minimum atomic E-state index is -0.203. The Morgan fingerprint density at radius 2 is 2.19 bits per heavy atom. The summed E-state index contributed by atoms with van der Waals surface area (Å²) in [6.07, 6.45) is 4.41. The van der Waals surface area contributed by atoms with Crippen LogP contribution >= 0.6 is 0 Å². The van der Waals surface area contributed by atoms with Crippen molar-refractivity contribution in [2.45, 2.75) is 58.7 Å². The quantitative estimate of drug-likeness (QED) is 0.730. The summed E-state index contributed by atoms with van der Waals surface area (Å²) in [6.45, 7) is 8.06. The van der Waals surface area contributed by atoms with E-state index in [0.29, 0.717) is 19.6 Å². The van der Waals surface area contributed by atoms with Gasteiger partial charge < -0.3 is 24.3 Å². The van der Waals surface area contributed by atoms with Gasteiger partial charge in [0.2, 0.25) is 5.91 Å². The third kappa shape index (κ3) is 5.76. The molecular weight excluding hydrogens is 334 g/mol. The van der Waals surface area contributed by atoms with E-state index in [1.54, 1.807) is 16.1 Å². The summed E-state index contributed by atoms with van der Waals surface area (Å²) < 4.78 is 11.1. The van der Waals surface area contributed by atoms with Gasteiger partial charge in [-0.3, -0.25) is 4.79 Å². The predicted octanol–water partition coefficient (Wildman–Crippen LogP) is 2.62. The smallest absolute Gasteiger partial charge is 0.318 e. The number of nitrogens with zero attached hydrogens (tertiary/aromatic N) is 2. The van der Waals surface area contributed by atoms with E-state index in [9.17, 15) is 9.59 Å². The summed E-state index contributed by atoms with van der Waals surface area (Å²) in [5.74, 6) is 0.632. The maximum Gasteiger partial charge on any atom is 0.318 e. The molecule has 3 amide bonds. The van der Waals surface area contributed by atoms with Crippen LogP contribution < -0.4 is 5.32 Å². The molecule has 7 heteroatoms. The van der Waals surface area contributed by atoms with Gasteiger partial charge in [0.05, 0.1) is 18.9 Å². The van der Waals surface area contributed by atoms with Gasteiger partial charge in [0, 0.05) is 25.7 Å². The summed E-state index contributed by atoms with van der Waals surface area (Å²) in [5, 5.41) is 2.80. The zero-order chi connectivity index (χ0) is 18.9. The van der Waals surface area contributed by atoms with Gasteiger partial charge in [0.15, 0.2) is 0 Å². The molecule has 1 aliphatic rings. The number of carbonyl (C=O) groups excluding carboxylic acids is 2. The van der Waals surface area contributed by atoms with Gasteiger partial charge in [-0.05, 0) is 45.2 Å². The number of furan rings is 1. The topological polar surface area (TPSA) is 75.0 Å². The largest absolute Gasteiger partial charge is 0.467 e. The molecule has 7 nitrogen and oxygen atoms in total. The average Bonchev–Trinajstić information content (AvgIpc) is 3.32. The van der Waals surface area contributed by atoms with Crippen molar-refractivity contribution in [2.75, 3.05) is 26.2 Å². The Kier molecular flexibility index (Phi) is 7.97. The fraction of sp³-hybridized carbons (Fsp3) is 0.684. The number of urea groups is 1. The summed E-state index contributed by atoms with van der Waals surface area (Å²) in [7, 11) is 0. The molecule has 0 aromatic carbocycles. The SMILES string of the molecule is CCNC(=O)N(CC(=O)N(Cc1ccco1)C[C@H]1CCCO1)[C@@H](C)CC. The zero-order valence-electron chi connectivity index (χ0n) is 16.1. The second-order valence-electron chi connectivity index (χ2n) is 6.71. The number of hydrogen-bond donors (Lipinski definition) is 1. The predicted molar refractivity (Wildman–Crippen MR) is 98.6 cm³/mol. The second kappa shape index (κ2) is 10.2. The van der Waals surface area contributed by atoms with E-state index < -0.39 is 0 Å². The van der Waals surface area contributed by atoms with Crippen LogP contribution in [0.2, 0.25) is 0 Å². The lowest BCUT2D eigenvalue weighted by Gasteiger charge is -2.31. The molecule has 1 fully saturated rings. The van der Waals surface area contributed by atoms with Crippen LogP contribution in [-0.4, -0.2) is 60.1 Å². The highest BCUT2D eigenvalue weighted by Crippen LogP contribution is 2.16. The van der Waals surface area contributed by atoms with E-state index in [4.69, 9.17) is 9.15 Å². The highest BCUT2D eigenvalue weighted by atomic mass is 16.5. The average molecular weight is 365 g/mol. The van der Waals surface area contributed by atoms with Crippen molar-refractivity contribution in [1.82, 2.24) is 15.1 Å². The van der Waals surface area contributed by atoms with Gasteiger partial charge in [-0.1, -0.05) is 6.92 Å². The summed E-state index contributed by atoms with van der Waals surface area (Å²) >= 11 is 0. The molecule has 2 heterocycles. The van der Waals surface area contributed by atoms with Crippen molar-refractivity contribution in [3.05, 3.63) is 24.2 Å². The van der Waals surface area contributed by atoms with E-state index >= 15 is 0 Å². The monoisotopic (exact) mass is 365 g/mol. The molecule has 1 saturated heterocycles. The Balaban J connectivity index is 2.07. The first-order chi connectivity index (χ1) is 12.5. The van der Waals surface area contributed by atoms with Crippen LogP contribution in [0.15, 0.2) is 22.8 Å². The van der Waals surface area contributed by atoms with Gasteiger partial charge in [0.25, 0.3) is 0 Å². The number of rotatable bonds is 9. The van der Waals surface area contributed by atoms with Crippen molar-refractivity contribution in [1.29, 1.82) is 0 Å². The number of amides is 3. The summed E-state index contributed by atoms with van der Waals surface area (Å²) in [6, 6.07) is 3.44. The Morgan fingerprint density at radius 1 is 1.38 bits per heavy atom. The van der Waals surface area contributed by atoms with Crippen molar-refractivity contribution in [3.63, 3.8) is 0 Å². The Bertz CT molecular complexity index is 555. The Morgan fingerprint density at radius 3 is 2.77 bits per heavy atom. The summed E-state index contributed by atoms with van der Waals surface area (Å²) in [4.78, 5) is 28.7. The number of carbonyl (C=O) groups is 2. The molecule has 0 radical (unpaired) electrons. The molecule has 1 aliphatic heterocycles. The van der Waals surface area contributed by atoms with Gasteiger partial charge in [-0.2, -0.15) is 0 Å². The molecule has 0 bridgehead atoms. The van der Waals surface area contributed by atoms with Gasteiger partial charge >= 0.3 is 6.03 Å². The van der Waals surface area contributed by atoms with E-state index in [2.05, 4.69) is 5.32 Å². The van der Waals surface area contributed by atoms with Gasteiger partial charge in [-0.15, -0.1) is 0 Å². The molecule has 1 N–H and O–H groups in total. The molecule has 2 atom stereocenters. The lowest BCUT2D eigenvalue weighted by molar-refractivity contribution is -0.134. The third-order valence-electron chi connectivity index (χ3n) is 4.74. The first-order valence-electron chi connectivity index (χ1n) is 9.51. The van der Waals surface area contributed by atoms with E-state index in [1.807, 2.05) is 32.9 Å². The molecule has 1 aromatic heterocycles. The highest BCUT2D eigenvalue weighted by molar-refractivity contribution is 5.84. The molecule has 0 spiro atoms. The molecule has 0 aliphatic carbocycles. The van der Waals surface area contributed by atoms with Gasteiger partial charge in [-0.25, -0.2) is 4.79 Å². The highest BCUT2D eigenvalue weighted by Gasteiger charge is 2.27. The first-order valence-corrected chi connectivity index (χ1v) is 9.51. The molecule has 2 rings (SSSR count). The molecule has 0 unspecified atom stereocenters. The molecule has 26 heavy (non-hydrogen) atoms. The number of ether oxygens (including phenoxy) is 1. The van der Waals surface area contributed by atoms with Crippen LogP contribution in [0.5, 0.6) is 0 Å². The molecule has 1 aromatic rings. The van der Waals surface area contributed by atoms with Gasteiger partial charge in [0.1, 0.15) is 12.3 Å². The Hall–Kier alpha value is -2.02. The Labute approximate surface area is 155 Å². The van der Waals surface area contributed by atoms with Crippen molar-refractivity contribution < 1.29 is 18.7 Å². The lowest BCUT2D eigenvalue weighted by atomic mass is 10.2. The second-order valence-corrected chi connectivity index (χ2v) is 6.71. The number of hydrogen-bond acceptors (Lipinski definition) is 4. The summed E-state index contributed by atoms with van der Waals surface area (Å²) in [5.41, 5.74) is 0. The van der Waals surface area contributed by atoms with Crippen LogP contribution in [0, 0.1) is 0 Å². The number of nitrogens with one attached hydrogen (secondary N) is 1. The first kappa shape index (κ1) is 20.3. The van der Waals surface area contributed by atoms with Crippen LogP contribution in [0.1, 0.15) is 45.8 Å². The fourth-order valence-electron chi connectivity index (χ4n) is 3.03. The van der Waals surface area contributed by atoms with Crippen LogP contribution in [0.3, 0.4) is 0 Å². The fourth-order valence-corrected chi connectivity index (χ4v) is 3.03.